The molecule has 0 bridgehead atoms. The first-order valence-corrected chi connectivity index (χ1v) is 46.8. The van der Waals surface area contributed by atoms with Crippen LogP contribution in [-0.4, -0.2) is 111 Å². The topological polar surface area (TPSA) is 298 Å². The van der Waals surface area contributed by atoms with Crippen LogP contribution >= 0.6 is 46.1 Å². The number of hydrogen-bond donors (Lipinski definition) is 2. The van der Waals surface area contributed by atoms with Crippen molar-refractivity contribution in [1.29, 1.82) is 0 Å². The van der Waals surface area contributed by atoms with Gasteiger partial charge in [-0.25, -0.2) is 4.68 Å². The van der Waals surface area contributed by atoms with E-state index in [2.05, 4.69) is 17.2 Å². The van der Waals surface area contributed by atoms with Crippen LogP contribution in [0.5, 0.6) is 11.5 Å². The fourth-order valence-corrected chi connectivity index (χ4v) is 19.6. The third kappa shape index (κ3) is 21.9. The first-order valence-electron chi connectivity index (χ1n) is 44.9. The molecule has 25 nitrogen and oxygen atoms in total. The summed E-state index contributed by atoms with van der Waals surface area (Å²) in [5, 5.41) is 10.3. The largest absolute Gasteiger partial charge is 0.493 e. The second-order valence-electron chi connectivity index (χ2n) is 34.3. The van der Waals surface area contributed by atoms with Crippen molar-refractivity contribution in [3.63, 3.8) is 0 Å². The Kier molecular flexibility index (Phi) is 31.2. The predicted molar refractivity (Wildman–Crippen MR) is 538 cm³/mol. The number of thiophene rings is 1. The van der Waals surface area contributed by atoms with Gasteiger partial charge in [-0.2, -0.15) is 0 Å². The summed E-state index contributed by atoms with van der Waals surface area (Å²) < 4.78 is 12.7. The van der Waals surface area contributed by atoms with Gasteiger partial charge in [-0.1, -0.05) is 131 Å². The van der Waals surface area contributed by atoms with Gasteiger partial charge in [0, 0.05) is 140 Å². The predicted octanol–water partition coefficient (Wildman–Crippen LogP) is 21.7. The number of carbonyl (C=O) groups excluding carboxylic acids is 10. The van der Waals surface area contributed by atoms with E-state index in [1.54, 1.807) is 143 Å². The summed E-state index contributed by atoms with van der Waals surface area (Å²) in [6, 6.07) is 84.2. The van der Waals surface area contributed by atoms with Crippen molar-refractivity contribution in [3.05, 3.63) is 343 Å². The van der Waals surface area contributed by atoms with Crippen molar-refractivity contribution in [2.45, 2.75) is 163 Å². The van der Waals surface area contributed by atoms with Gasteiger partial charge in [0.2, 0.25) is 29.5 Å². The van der Waals surface area contributed by atoms with E-state index in [1.165, 1.54) is 11.3 Å². The Bertz CT molecular complexity index is 6560. The number of carbonyl (C=O) groups is 10. The van der Waals surface area contributed by atoms with E-state index in [4.69, 9.17) is 55.7 Å². The molecule has 4 aliphatic heterocycles. The van der Waals surface area contributed by atoms with E-state index in [0.29, 0.717) is 74.5 Å². The molecule has 0 unspecified atom stereocenters. The normalized spacial score (nSPS) is 17.2. The van der Waals surface area contributed by atoms with Gasteiger partial charge >= 0.3 is 0 Å². The third-order valence-corrected chi connectivity index (χ3v) is 26.2. The smallest absolute Gasteiger partial charge is 0.268 e. The molecule has 0 spiro atoms. The van der Waals surface area contributed by atoms with E-state index in [-0.39, 0.29) is 121 Å². The Hall–Kier alpha value is -14.3. The molecule has 8 atom stereocenters. The van der Waals surface area contributed by atoms with Crippen molar-refractivity contribution in [2.75, 3.05) is 52.4 Å². The molecule has 0 fully saturated rings. The van der Waals surface area contributed by atoms with Crippen LogP contribution in [0.25, 0.3) is 11.0 Å². The first-order chi connectivity index (χ1) is 65.2. The van der Waals surface area contributed by atoms with Crippen molar-refractivity contribution >= 4 is 162 Å². The molecular weight excluding hydrogens is 1800 g/mol. The highest BCUT2D eigenvalue weighted by atomic mass is 35.5. The van der Waals surface area contributed by atoms with Gasteiger partial charge in [-0.3, -0.25) is 47.9 Å². The average Bonchev–Trinajstić information content (AvgIpc) is 1.10. The second kappa shape index (κ2) is 43.4. The Morgan fingerprint density at radius 1 is 0.390 bits per heavy atom. The number of fused-ring (bicyclic) bond motifs is 5. The van der Waals surface area contributed by atoms with Crippen molar-refractivity contribution < 1.29 is 57.4 Å². The van der Waals surface area contributed by atoms with Gasteiger partial charge in [-0.15, -0.1) is 16.4 Å². The summed E-state index contributed by atoms with van der Waals surface area (Å²) in [6.45, 7) is 20.4. The highest BCUT2D eigenvalue weighted by molar-refractivity contribution is 7.14. The lowest BCUT2D eigenvalue weighted by molar-refractivity contribution is -0.120. The summed E-state index contributed by atoms with van der Waals surface area (Å²) in [4.78, 5) is 144. The van der Waals surface area contributed by atoms with Crippen molar-refractivity contribution in [3.8, 4) is 11.5 Å². The molecule has 136 heavy (non-hydrogen) atoms. The SMILES string of the molecule is CC(=O)N(c1ccc(Cl)cc1)[C@@H]1C[C@H](C)N(C(=O)c2ccc(OCC(N)=O)cc2)c2ccccc21.CC(=O)N(c1ccc(Cl)cc1)[C@@H]1C[C@H](C)N(C(=O)c2ccc(OCCC(N)=O)cc2)c2ccccc21.CC(=O)N(c1ccc(Cl)cc1)[C@@H]1C[C@H](C)N(C(=O)c2ccc3c(c2)nnn3C(C)C)c2ccccc21.CC(=O)N(c1ccccc1)[C@@H]1C[C@H](C)N(C(=O)c2ccc(C)s2)c2ccccc21. The zero-order valence-electron chi connectivity index (χ0n) is 77.2. The summed E-state index contributed by atoms with van der Waals surface area (Å²) in [5.41, 5.74) is 23.5. The lowest BCUT2D eigenvalue weighted by Gasteiger charge is -2.43. The van der Waals surface area contributed by atoms with Crippen LogP contribution in [0.3, 0.4) is 0 Å². The Labute approximate surface area is 809 Å². The molecule has 0 radical (unpaired) electrons. The highest BCUT2D eigenvalue weighted by Crippen LogP contribution is 2.49. The molecule has 0 saturated carbocycles. The van der Waals surface area contributed by atoms with E-state index in [0.717, 1.165) is 83.0 Å². The number of aryl methyl sites for hydroxylation is 1. The maximum absolute atomic E-state index is 13.9. The molecule has 0 saturated heterocycles. The third-order valence-electron chi connectivity index (χ3n) is 24.4. The lowest BCUT2D eigenvalue weighted by atomic mass is 9.89. The summed E-state index contributed by atoms with van der Waals surface area (Å²) >= 11 is 19.7. The minimum Gasteiger partial charge on any atom is -0.493 e. The number of halogens is 3. The van der Waals surface area contributed by atoms with Crippen molar-refractivity contribution in [1.82, 2.24) is 15.0 Å². The number of aromatic nitrogens is 3. The quantitative estimate of drug-likeness (QED) is 0.0717. The van der Waals surface area contributed by atoms with Crippen molar-refractivity contribution in [2.24, 2.45) is 11.5 Å². The number of rotatable bonds is 20. The molecule has 0 aliphatic carbocycles. The molecule has 10 amide bonds. The minimum atomic E-state index is -0.573. The number of nitrogens with zero attached hydrogens (tertiary/aromatic N) is 11. The molecule has 698 valence electrons. The fourth-order valence-electron chi connectivity index (χ4n) is 18.4. The van der Waals surface area contributed by atoms with Crippen LogP contribution in [0.15, 0.2) is 279 Å². The molecule has 4 N–H and O–H groups in total. The summed E-state index contributed by atoms with van der Waals surface area (Å²) in [7, 11) is 0. The summed E-state index contributed by atoms with van der Waals surface area (Å²) in [6.07, 6.45) is 2.53. The Morgan fingerprint density at radius 3 is 1.04 bits per heavy atom. The fraction of sp³-hybridized carbons (Fsp3) is 0.252. The van der Waals surface area contributed by atoms with Crippen LogP contribution in [0.4, 0.5) is 45.5 Å². The van der Waals surface area contributed by atoms with Crippen LogP contribution in [0.1, 0.15) is 199 Å². The number of nitrogens with two attached hydrogens (primary N) is 2. The number of benzene rings is 11. The van der Waals surface area contributed by atoms with Gasteiger partial charge in [0.1, 0.15) is 17.0 Å². The molecule has 11 aromatic carbocycles. The maximum atomic E-state index is 13.9. The number of ether oxygens (including phenoxy) is 2. The van der Waals surface area contributed by atoms with E-state index in [1.807, 2.05) is 249 Å². The van der Waals surface area contributed by atoms with Crippen LogP contribution in [0.2, 0.25) is 15.1 Å². The molecule has 17 rings (SSSR count). The Balaban J connectivity index is 0.000000146. The van der Waals surface area contributed by atoms with Gasteiger partial charge in [0.15, 0.2) is 6.61 Å². The Morgan fingerprint density at radius 2 is 0.713 bits per heavy atom. The van der Waals surface area contributed by atoms with E-state index >= 15 is 0 Å². The zero-order chi connectivity index (χ0) is 97.0. The standard InChI is InChI=1S/C28H28ClN5O2.C28H28ClN3O4.C27H26ClN3O4.C24H24N2O2S/c1-17(2)34-26-14-9-20(16-24(26)30-31-34)28(36)32-18(3)15-27(23-7-5-6-8-25(23)32)33(19(4)35)22-12-10-21(29)11-13-22;1-18-17-26(32(19(2)33)22-11-9-21(29)10-12-22)24-5-3-4-6-25(24)31(18)28(35)20-7-13-23(14-8-20)36-16-15-27(30)34;1-17-15-25(31(18(2)32)21-11-9-20(28)10-12-21)23-5-3-4-6-24(23)30(17)27(34)19-7-13-22(14-8-19)35-16-26(29)33;1-16-15-22(26(18(3)27)19-9-5-4-6-10-19)20-11-7-8-12-21(20)25(16)24(28)23-14-13-17(2)29-23/h5-14,16-18,27H,15H2,1-4H3;3-14,18,26H,15-17H2,1-2H3,(H2,30,34);3-14,17,25H,15-16H2,1-2H3,(H2,29,33);4-14,16,22H,15H2,1-3H3/t18-,27+;18-,26+;17-,25+;16-,22+/m0000/s1. The minimum absolute atomic E-state index is 0.00291. The summed E-state index contributed by atoms with van der Waals surface area (Å²) in [5.74, 6) is -0.627. The van der Waals surface area contributed by atoms with Crippen LogP contribution < -0.4 is 60.1 Å². The van der Waals surface area contributed by atoms with Gasteiger partial charge in [0.25, 0.3) is 29.5 Å². The van der Waals surface area contributed by atoms with E-state index in [9.17, 15) is 47.9 Å². The number of para-hydroxylation sites is 5. The van der Waals surface area contributed by atoms with Gasteiger partial charge in [-0.05, 0) is 284 Å². The average molecular weight is 1900 g/mol. The molecule has 6 heterocycles. The number of anilines is 8. The monoisotopic (exact) mass is 1900 g/mol. The zero-order valence-corrected chi connectivity index (χ0v) is 80.3. The number of hydrogen-bond acceptors (Lipinski definition) is 15. The second-order valence-corrected chi connectivity index (χ2v) is 36.9. The van der Waals surface area contributed by atoms with Gasteiger partial charge in [0.05, 0.1) is 47.6 Å². The number of primary amides is 2. The van der Waals surface area contributed by atoms with Crippen LogP contribution in [0, 0.1) is 6.92 Å². The highest BCUT2D eigenvalue weighted by Gasteiger charge is 2.44. The maximum Gasteiger partial charge on any atom is 0.268 e. The van der Waals surface area contributed by atoms with Crippen LogP contribution in [-0.2, 0) is 28.8 Å². The van der Waals surface area contributed by atoms with E-state index < -0.39 is 11.8 Å². The molecule has 2 aromatic heterocycles. The molecule has 4 aliphatic rings. The van der Waals surface area contributed by atoms with Gasteiger partial charge < -0.3 is 60.1 Å². The molecule has 29 heteroatoms. The lowest BCUT2D eigenvalue weighted by Crippen LogP contribution is -2.47. The molecular formula is C107H106Cl3N13O12S. The first kappa shape index (κ1) is 97.7. The number of amides is 10. The molecule has 13 aromatic rings.